The fourth-order valence-corrected chi connectivity index (χ4v) is 6.03. The van der Waals surface area contributed by atoms with Gasteiger partial charge in [0.25, 0.3) is 5.56 Å². The van der Waals surface area contributed by atoms with Gasteiger partial charge in [-0.2, -0.15) is 13.2 Å². The molecule has 4 unspecified atom stereocenters. The topological polar surface area (TPSA) is 79.6 Å². The zero-order valence-electron chi connectivity index (χ0n) is 22.4. The second-order valence-electron chi connectivity index (χ2n) is 10.8. The number of amides is 1. The smallest absolute Gasteiger partial charge is 0.417 e. The van der Waals surface area contributed by atoms with Gasteiger partial charge in [-0.3, -0.25) is 14.4 Å². The second kappa shape index (κ2) is 11.9. The second-order valence-corrected chi connectivity index (χ2v) is 11.7. The molecule has 1 aromatic heterocycles. The minimum absolute atomic E-state index is 0.0848. The highest BCUT2D eigenvalue weighted by molar-refractivity contribution is 6.30. The zero-order chi connectivity index (χ0) is 30.1. The molecule has 11 heteroatoms. The lowest BCUT2D eigenvalue weighted by molar-refractivity contribution is -0.160. The van der Waals surface area contributed by atoms with Gasteiger partial charge in [0, 0.05) is 40.8 Å². The highest BCUT2D eigenvalue weighted by Gasteiger charge is 2.51. The molecule has 0 aliphatic carbocycles. The molecule has 41 heavy (non-hydrogen) atoms. The third-order valence-corrected chi connectivity index (χ3v) is 8.19. The van der Waals surface area contributed by atoms with Crippen molar-refractivity contribution in [1.29, 1.82) is 0 Å². The maximum Gasteiger partial charge on any atom is 0.417 e. The number of carboxylic acids is 1. The summed E-state index contributed by atoms with van der Waals surface area (Å²) in [7, 11) is 0. The molecule has 3 aromatic rings. The van der Waals surface area contributed by atoms with Gasteiger partial charge in [-0.1, -0.05) is 54.4 Å². The van der Waals surface area contributed by atoms with Crippen LogP contribution in [0.3, 0.4) is 0 Å². The number of carbonyl (C=O) groups excluding carboxylic acids is 1. The average molecular weight is 609 g/mol. The lowest BCUT2D eigenvalue weighted by Gasteiger charge is -2.51. The molecule has 218 valence electrons. The van der Waals surface area contributed by atoms with E-state index in [1.807, 2.05) is 6.07 Å². The number of piperidine rings is 1. The predicted molar refractivity (Wildman–Crippen MR) is 150 cm³/mol. The number of carboxylic acid groups (broad SMARTS) is 1. The fraction of sp³-hybridized carbons (Fsp3) is 0.367. The first kappa shape index (κ1) is 30.7. The standard InChI is InChI=1S/C30H29Cl2F3N2O4/c1-18(12-13-36-17-21(30(33,34)35)8-11-25(36)38)37-27(19-6-9-22(31)10-7-19)24(20-4-3-5-23(32)14-20)15-29(2,28(37)41)16-26(39)40/h3-11,14,17-18,24,27H,12-13,15-16H2,1-2H3,(H,39,40). The van der Waals surface area contributed by atoms with E-state index in [-0.39, 0.29) is 31.2 Å². The maximum atomic E-state index is 14.2. The van der Waals surface area contributed by atoms with Crippen LogP contribution in [0, 0.1) is 5.41 Å². The Morgan fingerprint density at radius 2 is 1.73 bits per heavy atom. The Morgan fingerprint density at radius 3 is 2.34 bits per heavy atom. The number of nitrogens with zero attached hydrogens (tertiary/aromatic N) is 2. The zero-order valence-corrected chi connectivity index (χ0v) is 23.9. The molecule has 1 aliphatic heterocycles. The molecule has 1 amide bonds. The summed E-state index contributed by atoms with van der Waals surface area (Å²) in [5.74, 6) is -1.88. The highest BCUT2D eigenvalue weighted by atomic mass is 35.5. The normalized spacial score (nSPS) is 22.0. The van der Waals surface area contributed by atoms with Crippen molar-refractivity contribution in [3.63, 3.8) is 0 Å². The van der Waals surface area contributed by atoms with Crippen LogP contribution in [0.25, 0.3) is 0 Å². The number of aryl methyl sites for hydroxylation is 1. The molecule has 1 aliphatic rings. The third kappa shape index (κ3) is 6.79. The summed E-state index contributed by atoms with van der Waals surface area (Å²) in [6, 6.07) is 14.6. The van der Waals surface area contributed by atoms with E-state index in [1.54, 1.807) is 61.2 Å². The van der Waals surface area contributed by atoms with Gasteiger partial charge < -0.3 is 14.6 Å². The molecule has 0 spiro atoms. The van der Waals surface area contributed by atoms with Crippen LogP contribution in [0.1, 0.15) is 61.8 Å². The molecule has 2 heterocycles. The number of likely N-dealkylation sites (tertiary alicyclic amines) is 1. The van der Waals surface area contributed by atoms with Gasteiger partial charge in [0.15, 0.2) is 0 Å². The van der Waals surface area contributed by atoms with Crippen LogP contribution >= 0.6 is 23.2 Å². The Labute approximate surface area is 245 Å². The van der Waals surface area contributed by atoms with Crippen LogP contribution in [-0.2, 0) is 22.3 Å². The molecule has 4 atom stereocenters. The van der Waals surface area contributed by atoms with Crippen LogP contribution in [0.4, 0.5) is 13.2 Å². The summed E-state index contributed by atoms with van der Waals surface area (Å²) in [5, 5.41) is 10.7. The first-order chi connectivity index (χ1) is 19.2. The Hall–Kier alpha value is -3.30. The highest BCUT2D eigenvalue weighted by Crippen LogP contribution is 2.52. The van der Waals surface area contributed by atoms with Crippen LogP contribution in [0.15, 0.2) is 71.7 Å². The van der Waals surface area contributed by atoms with Crippen molar-refractivity contribution in [2.75, 3.05) is 0 Å². The molecule has 2 aromatic carbocycles. The first-order valence-electron chi connectivity index (χ1n) is 13.0. The molecule has 0 bridgehead atoms. The Kier molecular flexibility index (Phi) is 8.90. The number of aromatic nitrogens is 1. The van der Waals surface area contributed by atoms with Crippen LogP contribution < -0.4 is 5.56 Å². The molecule has 0 saturated carbocycles. The Morgan fingerprint density at radius 1 is 1.05 bits per heavy atom. The number of benzene rings is 2. The van der Waals surface area contributed by atoms with Gasteiger partial charge in [-0.05, 0) is 61.2 Å². The monoisotopic (exact) mass is 608 g/mol. The number of aliphatic carboxylic acids is 1. The molecule has 1 fully saturated rings. The van der Waals surface area contributed by atoms with Crippen molar-refractivity contribution < 1.29 is 27.9 Å². The minimum atomic E-state index is -4.62. The van der Waals surface area contributed by atoms with Gasteiger partial charge >= 0.3 is 12.1 Å². The van der Waals surface area contributed by atoms with Crippen LogP contribution in [0.5, 0.6) is 0 Å². The van der Waals surface area contributed by atoms with Crippen molar-refractivity contribution in [2.24, 2.45) is 5.41 Å². The Bertz CT molecular complexity index is 1490. The van der Waals surface area contributed by atoms with E-state index in [4.69, 9.17) is 23.2 Å². The van der Waals surface area contributed by atoms with Crippen molar-refractivity contribution in [1.82, 2.24) is 9.47 Å². The molecule has 0 radical (unpaired) electrons. The van der Waals surface area contributed by atoms with E-state index in [2.05, 4.69) is 0 Å². The minimum Gasteiger partial charge on any atom is -0.481 e. The van der Waals surface area contributed by atoms with Crippen molar-refractivity contribution in [2.45, 2.75) is 63.8 Å². The predicted octanol–water partition coefficient (Wildman–Crippen LogP) is 7.19. The molecule has 4 rings (SSSR count). The van der Waals surface area contributed by atoms with Gasteiger partial charge in [0.1, 0.15) is 0 Å². The fourth-order valence-electron chi connectivity index (χ4n) is 5.70. The van der Waals surface area contributed by atoms with E-state index in [1.165, 1.54) is 0 Å². The van der Waals surface area contributed by atoms with Crippen molar-refractivity contribution in [3.05, 3.63) is 104 Å². The summed E-state index contributed by atoms with van der Waals surface area (Å²) < 4.78 is 40.9. The Balaban J connectivity index is 1.79. The van der Waals surface area contributed by atoms with E-state index in [0.29, 0.717) is 10.0 Å². The molecular formula is C30H29Cl2F3N2O4. The van der Waals surface area contributed by atoms with E-state index >= 15 is 0 Å². The SMILES string of the molecule is CC(CCn1cc(C(F)(F)F)ccc1=O)N1C(=O)C(C)(CC(=O)O)CC(c2cccc(Cl)c2)C1c1ccc(Cl)cc1. The molecular weight excluding hydrogens is 580 g/mol. The van der Waals surface area contributed by atoms with Crippen molar-refractivity contribution in [3.8, 4) is 0 Å². The van der Waals surface area contributed by atoms with Gasteiger partial charge in [0.05, 0.1) is 23.4 Å². The number of halogens is 5. The largest absolute Gasteiger partial charge is 0.481 e. The summed E-state index contributed by atoms with van der Waals surface area (Å²) >= 11 is 12.5. The molecule has 1 saturated heterocycles. The number of carbonyl (C=O) groups is 2. The maximum absolute atomic E-state index is 14.2. The van der Waals surface area contributed by atoms with Gasteiger partial charge in [-0.15, -0.1) is 0 Å². The quantitative estimate of drug-likeness (QED) is 0.293. The number of pyridine rings is 1. The number of hydrogen-bond acceptors (Lipinski definition) is 3. The van der Waals surface area contributed by atoms with E-state index < -0.39 is 47.2 Å². The summed E-state index contributed by atoms with van der Waals surface area (Å²) in [4.78, 5) is 40.1. The van der Waals surface area contributed by atoms with Gasteiger partial charge in [0.2, 0.25) is 5.91 Å². The average Bonchev–Trinajstić information content (AvgIpc) is 2.89. The molecule has 6 nitrogen and oxygen atoms in total. The summed E-state index contributed by atoms with van der Waals surface area (Å²) in [5.41, 5.74) is -1.26. The van der Waals surface area contributed by atoms with Gasteiger partial charge in [-0.25, -0.2) is 0 Å². The third-order valence-electron chi connectivity index (χ3n) is 7.71. The van der Waals surface area contributed by atoms with E-state index in [9.17, 15) is 32.7 Å². The molecule has 1 N–H and O–H groups in total. The van der Waals surface area contributed by atoms with Crippen molar-refractivity contribution >= 4 is 35.1 Å². The van der Waals surface area contributed by atoms with Crippen LogP contribution in [0.2, 0.25) is 10.0 Å². The first-order valence-corrected chi connectivity index (χ1v) is 13.8. The lowest BCUT2D eigenvalue weighted by Crippen LogP contribution is -2.55. The van der Waals surface area contributed by atoms with Crippen LogP contribution in [-0.4, -0.2) is 32.5 Å². The number of alkyl halides is 3. The van der Waals surface area contributed by atoms with E-state index in [0.717, 1.165) is 34.0 Å². The lowest BCUT2D eigenvalue weighted by atomic mass is 9.67. The number of hydrogen-bond donors (Lipinski definition) is 1. The summed E-state index contributed by atoms with van der Waals surface area (Å²) in [6.07, 6.45) is -3.89. The number of rotatable bonds is 8. The summed E-state index contributed by atoms with van der Waals surface area (Å²) in [6.45, 7) is 3.29.